The van der Waals surface area contributed by atoms with Crippen molar-refractivity contribution in [2.24, 2.45) is 0 Å². The summed E-state index contributed by atoms with van der Waals surface area (Å²) in [6, 6.07) is 3.84. The summed E-state index contributed by atoms with van der Waals surface area (Å²) in [5.74, 6) is 1.38. The van der Waals surface area contributed by atoms with Crippen LogP contribution in [-0.4, -0.2) is 20.5 Å². The van der Waals surface area contributed by atoms with Gasteiger partial charge in [0.05, 0.1) is 5.39 Å². The third kappa shape index (κ3) is 2.58. The molecular weight excluding hydrogens is 212 g/mol. The van der Waals surface area contributed by atoms with Gasteiger partial charge in [-0.2, -0.15) is 0 Å². The van der Waals surface area contributed by atoms with Gasteiger partial charge in [-0.05, 0) is 39.0 Å². The second-order valence-electron chi connectivity index (χ2n) is 4.88. The molecule has 0 unspecified atom stereocenters. The maximum atomic E-state index is 4.42. The van der Waals surface area contributed by atoms with E-state index in [1.54, 1.807) is 12.3 Å². The lowest BCUT2D eigenvalue weighted by Crippen LogP contribution is -2.27. The highest BCUT2D eigenvalue weighted by molar-refractivity contribution is 5.87. The van der Waals surface area contributed by atoms with Gasteiger partial charge in [0.2, 0.25) is 0 Å². The van der Waals surface area contributed by atoms with Crippen LogP contribution in [0.1, 0.15) is 26.6 Å². The molecule has 0 bridgehead atoms. The zero-order chi connectivity index (χ0) is 12.5. The summed E-state index contributed by atoms with van der Waals surface area (Å²) >= 11 is 0. The van der Waals surface area contributed by atoms with Gasteiger partial charge in [0.1, 0.15) is 5.82 Å². The van der Waals surface area contributed by atoms with E-state index in [1.807, 2.05) is 12.1 Å². The summed E-state index contributed by atoms with van der Waals surface area (Å²) in [5, 5.41) is 4.28. The molecule has 1 N–H and O–H groups in total. The molecule has 2 aromatic heterocycles. The van der Waals surface area contributed by atoms with Crippen molar-refractivity contribution in [3.8, 4) is 0 Å². The first-order valence-corrected chi connectivity index (χ1v) is 5.53. The number of hydrogen-bond acceptors (Lipinski definition) is 4. The third-order valence-electron chi connectivity index (χ3n) is 2.16. The van der Waals surface area contributed by atoms with E-state index >= 15 is 0 Å². The summed E-state index contributed by atoms with van der Waals surface area (Å²) in [6.45, 7) is 9.96. The second kappa shape index (κ2) is 4.13. The second-order valence-corrected chi connectivity index (χ2v) is 4.88. The standard InChI is InChI=1S/C13H16N4/c1-5-10-15-11-9(7-6-8-14-11)12(16-10)17-13(2,3)4/h5-8H,1H2,2-4H3,(H,14,15,16,17). The Hall–Kier alpha value is -1.97. The van der Waals surface area contributed by atoms with Gasteiger partial charge in [-0.3, -0.25) is 0 Å². The van der Waals surface area contributed by atoms with Gasteiger partial charge in [0.25, 0.3) is 0 Å². The minimum Gasteiger partial charge on any atom is -0.365 e. The Labute approximate surface area is 101 Å². The molecule has 0 aliphatic carbocycles. The Balaban J connectivity index is 2.62. The van der Waals surface area contributed by atoms with Gasteiger partial charge in [0.15, 0.2) is 11.5 Å². The summed E-state index contributed by atoms with van der Waals surface area (Å²) in [7, 11) is 0. The smallest absolute Gasteiger partial charge is 0.165 e. The zero-order valence-corrected chi connectivity index (χ0v) is 10.4. The zero-order valence-electron chi connectivity index (χ0n) is 10.4. The third-order valence-corrected chi connectivity index (χ3v) is 2.16. The van der Waals surface area contributed by atoms with Crippen molar-refractivity contribution < 1.29 is 0 Å². The van der Waals surface area contributed by atoms with Crippen LogP contribution in [0.4, 0.5) is 5.82 Å². The van der Waals surface area contributed by atoms with Crippen molar-refractivity contribution >= 4 is 22.9 Å². The number of aromatic nitrogens is 3. The molecule has 0 atom stereocenters. The van der Waals surface area contributed by atoms with Crippen LogP contribution in [0.2, 0.25) is 0 Å². The number of hydrogen-bond donors (Lipinski definition) is 1. The van der Waals surface area contributed by atoms with Crippen LogP contribution in [0.5, 0.6) is 0 Å². The Bertz CT molecular complexity index is 555. The molecule has 0 spiro atoms. The first-order chi connectivity index (χ1) is 7.99. The fourth-order valence-corrected chi connectivity index (χ4v) is 1.52. The van der Waals surface area contributed by atoms with Crippen molar-refractivity contribution in [3.63, 3.8) is 0 Å². The fraction of sp³-hybridized carbons (Fsp3) is 0.308. The van der Waals surface area contributed by atoms with Crippen molar-refractivity contribution in [2.75, 3.05) is 5.32 Å². The van der Waals surface area contributed by atoms with E-state index < -0.39 is 0 Å². The molecule has 0 radical (unpaired) electrons. The average molecular weight is 228 g/mol. The van der Waals surface area contributed by atoms with Crippen LogP contribution in [0.3, 0.4) is 0 Å². The average Bonchev–Trinajstić information content (AvgIpc) is 2.26. The largest absolute Gasteiger partial charge is 0.365 e. The lowest BCUT2D eigenvalue weighted by molar-refractivity contribution is 0.631. The molecule has 0 saturated heterocycles. The van der Waals surface area contributed by atoms with Gasteiger partial charge < -0.3 is 5.32 Å². The molecule has 0 saturated carbocycles. The summed E-state index contributed by atoms with van der Waals surface area (Å²) in [6.07, 6.45) is 3.35. The highest BCUT2D eigenvalue weighted by Crippen LogP contribution is 2.21. The molecule has 0 aliphatic rings. The first kappa shape index (κ1) is 11.5. The van der Waals surface area contributed by atoms with E-state index in [2.05, 4.69) is 47.6 Å². The van der Waals surface area contributed by atoms with Gasteiger partial charge in [0, 0.05) is 11.7 Å². The van der Waals surface area contributed by atoms with E-state index in [-0.39, 0.29) is 5.54 Å². The molecule has 4 nitrogen and oxygen atoms in total. The van der Waals surface area contributed by atoms with Crippen LogP contribution < -0.4 is 5.32 Å². The van der Waals surface area contributed by atoms with E-state index in [0.717, 1.165) is 11.2 Å². The predicted octanol–water partition coefficient (Wildman–Crippen LogP) is 2.88. The van der Waals surface area contributed by atoms with Gasteiger partial charge in [-0.25, -0.2) is 15.0 Å². The topological polar surface area (TPSA) is 50.7 Å². The quantitative estimate of drug-likeness (QED) is 0.858. The van der Waals surface area contributed by atoms with Crippen LogP contribution in [0, 0.1) is 0 Å². The molecule has 0 amide bonds. The number of fused-ring (bicyclic) bond motifs is 1. The normalized spacial score (nSPS) is 11.5. The monoisotopic (exact) mass is 228 g/mol. The Kier molecular flexibility index (Phi) is 2.79. The molecule has 0 aliphatic heterocycles. The summed E-state index contributed by atoms with van der Waals surface area (Å²) in [4.78, 5) is 13.0. The van der Waals surface area contributed by atoms with Gasteiger partial charge in [-0.1, -0.05) is 6.58 Å². The summed E-state index contributed by atoms with van der Waals surface area (Å²) < 4.78 is 0. The fourth-order valence-electron chi connectivity index (χ4n) is 1.52. The van der Waals surface area contributed by atoms with Crippen molar-refractivity contribution in [1.29, 1.82) is 0 Å². The first-order valence-electron chi connectivity index (χ1n) is 5.53. The maximum absolute atomic E-state index is 4.42. The van der Waals surface area contributed by atoms with Crippen molar-refractivity contribution in [2.45, 2.75) is 26.3 Å². The number of nitrogens with zero attached hydrogens (tertiary/aromatic N) is 3. The molecule has 17 heavy (non-hydrogen) atoms. The summed E-state index contributed by atoms with van der Waals surface area (Å²) in [5.41, 5.74) is 0.624. The van der Waals surface area contributed by atoms with E-state index in [0.29, 0.717) is 11.5 Å². The number of anilines is 1. The maximum Gasteiger partial charge on any atom is 0.165 e. The van der Waals surface area contributed by atoms with Crippen LogP contribution in [0.25, 0.3) is 17.1 Å². The molecule has 88 valence electrons. The lowest BCUT2D eigenvalue weighted by Gasteiger charge is -2.22. The highest BCUT2D eigenvalue weighted by atomic mass is 15.1. The van der Waals surface area contributed by atoms with E-state index in [4.69, 9.17) is 0 Å². The molecule has 4 heteroatoms. The van der Waals surface area contributed by atoms with E-state index in [1.165, 1.54) is 0 Å². The Morgan fingerprint density at radius 2 is 2.06 bits per heavy atom. The Morgan fingerprint density at radius 3 is 2.71 bits per heavy atom. The molecule has 2 aromatic rings. The van der Waals surface area contributed by atoms with Crippen LogP contribution >= 0.6 is 0 Å². The van der Waals surface area contributed by atoms with Crippen LogP contribution in [0.15, 0.2) is 24.9 Å². The molecule has 2 heterocycles. The van der Waals surface area contributed by atoms with Gasteiger partial charge >= 0.3 is 0 Å². The lowest BCUT2D eigenvalue weighted by atomic mass is 10.1. The van der Waals surface area contributed by atoms with Crippen molar-refractivity contribution in [1.82, 2.24) is 15.0 Å². The molecule has 2 rings (SSSR count). The minimum atomic E-state index is -0.0600. The van der Waals surface area contributed by atoms with Crippen LogP contribution in [-0.2, 0) is 0 Å². The number of pyridine rings is 1. The Morgan fingerprint density at radius 1 is 1.29 bits per heavy atom. The van der Waals surface area contributed by atoms with Gasteiger partial charge in [-0.15, -0.1) is 0 Å². The SMILES string of the molecule is C=Cc1nc(NC(C)(C)C)c2cccnc2n1. The number of rotatable bonds is 2. The minimum absolute atomic E-state index is 0.0600. The number of nitrogens with one attached hydrogen (secondary N) is 1. The van der Waals surface area contributed by atoms with E-state index in [9.17, 15) is 0 Å². The predicted molar refractivity (Wildman–Crippen MR) is 70.8 cm³/mol. The molecule has 0 fully saturated rings. The molecular formula is C13H16N4. The highest BCUT2D eigenvalue weighted by Gasteiger charge is 2.14. The van der Waals surface area contributed by atoms with Crippen molar-refractivity contribution in [3.05, 3.63) is 30.7 Å². The molecule has 0 aromatic carbocycles.